The van der Waals surface area contributed by atoms with E-state index in [4.69, 9.17) is 4.74 Å². The van der Waals surface area contributed by atoms with Gasteiger partial charge in [0.15, 0.2) is 5.75 Å². The Labute approximate surface area is 123 Å². The third-order valence-corrected chi connectivity index (χ3v) is 2.91. The molecule has 1 aromatic heterocycles. The zero-order valence-corrected chi connectivity index (χ0v) is 11.4. The number of ether oxygens (including phenoxy) is 1. The van der Waals surface area contributed by atoms with Crippen LogP contribution in [0, 0.1) is 0 Å². The average Bonchev–Trinajstić information content (AvgIpc) is 2.56. The maximum absolute atomic E-state index is 5.64. The number of nitrogens with one attached hydrogen (secondary N) is 1. The molecule has 21 heavy (non-hydrogen) atoms. The lowest BCUT2D eigenvalue weighted by atomic mass is 10.2. The summed E-state index contributed by atoms with van der Waals surface area (Å²) in [5.74, 6) is 1.20. The average molecular weight is 277 g/mol. The Kier molecular flexibility index (Phi) is 4.07. The van der Waals surface area contributed by atoms with Crippen LogP contribution in [0.3, 0.4) is 0 Å². The molecule has 104 valence electrons. The highest BCUT2D eigenvalue weighted by Crippen LogP contribution is 2.15. The number of aromatic nitrogens is 2. The fourth-order valence-electron chi connectivity index (χ4n) is 1.85. The highest BCUT2D eigenvalue weighted by atomic mass is 16.5. The lowest BCUT2D eigenvalue weighted by Gasteiger charge is -2.07. The lowest BCUT2D eigenvalue weighted by molar-refractivity contribution is 0.303. The molecule has 4 nitrogen and oxygen atoms in total. The van der Waals surface area contributed by atoms with E-state index >= 15 is 0 Å². The van der Waals surface area contributed by atoms with Gasteiger partial charge in [-0.1, -0.05) is 48.5 Å². The minimum atomic E-state index is 0.510. The Morgan fingerprint density at radius 1 is 0.810 bits per heavy atom. The van der Waals surface area contributed by atoms with E-state index in [1.54, 1.807) is 12.4 Å². The summed E-state index contributed by atoms with van der Waals surface area (Å²) < 4.78 is 5.64. The zero-order chi connectivity index (χ0) is 14.3. The molecule has 0 unspecified atom stereocenters. The number of benzene rings is 2. The van der Waals surface area contributed by atoms with Gasteiger partial charge in [-0.15, -0.1) is 0 Å². The zero-order valence-electron chi connectivity index (χ0n) is 11.4. The first-order valence-corrected chi connectivity index (χ1v) is 6.71. The van der Waals surface area contributed by atoms with Gasteiger partial charge in [0.05, 0.1) is 12.4 Å². The second-order valence-corrected chi connectivity index (χ2v) is 4.51. The van der Waals surface area contributed by atoms with Gasteiger partial charge < -0.3 is 10.1 Å². The number of hydrogen-bond donors (Lipinski definition) is 1. The molecule has 0 aliphatic heterocycles. The predicted octanol–water partition coefficient (Wildman–Crippen LogP) is 3.80. The normalized spacial score (nSPS) is 10.1. The van der Waals surface area contributed by atoms with E-state index in [2.05, 4.69) is 15.3 Å². The van der Waals surface area contributed by atoms with Crippen LogP contribution in [0.15, 0.2) is 73.1 Å². The quantitative estimate of drug-likeness (QED) is 0.770. The van der Waals surface area contributed by atoms with Crippen LogP contribution in [-0.4, -0.2) is 9.97 Å². The van der Waals surface area contributed by atoms with Crippen molar-refractivity contribution in [3.63, 3.8) is 0 Å². The predicted molar refractivity (Wildman–Crippen MR) is 82.5 cm³/mol. The third-order valence-electron chi connectivity index (χ3n) is 2.91. The fraction of sp³-hybridized carbons (Fsp3) is 0.0588. The van der Waals surface area contributed by atoms with Gasteiger partial charge in [-0.25, -0.2) is 9.97 Å². The summed E-state index contributed by atoms with van der Waals surface area (Å²) >= 11 is 0. The van der Waals surface area contributed by atoms with Crippen LogP contribution < -0.4 is 10.1 Å². The summed E-state index contributed by atoms with van der Waals surface area (Å²) in [5, 5.41) is 3.13. The van der Waals surface area contributed by atoms with Gasteiger partial charge in [-0.2, -0.15) is 0 Å². The van der Waals surface area contributed by atoms with Crippen molar-refractivity contribution in [3.8, 4) is 5.75 Å². The van der Waals surface area contributed by atoms with E-state index in [-0.39, 0.29) is 0 Å². The van der Waals surface area contributed by atoms with Gasteiger partial charge in [0.1, 0.15) is 6.61 Å². The standard InChI is InChI=1S/C17H15N3O/c1-3-7-14(8-4-1)13-21-16-11-18-17(19-12-16)20-15-9-5-2-6-10-15/h1-12H,13H2,(H,18,19,20). The van der Waals surface area contributed by atoms with Crippen molar-refractivity contribution in [1.29, 1.82) is 0 Å². The molecule has 0 fully saturated rings. The Bertz CT molecular complexity index is 669. The SMILES string of the molecule is c1ccc(COc2cnc(Nc3ccccc3)nc2)cc1. The van der Waals surface area contributed by atoms with Crippen molar-refractivity contribution in [2.24, 2.45) is 0 Å². The molecule has 0 saturated heterocycles. The minimum Gasteiger partial charge on any atom is -0.486 e. The van der Waals surface area contributed by atoms with Crippen molar-refractivity contribution < 1.29 is 4.74 Å². The van der Waals surface area contributed by atoms with Crippen LogP contribution >= 0.6 is 0 Å². The molecule has 3 aromatic rings. The monoisotopic (exact) mass is 277 g/mol. The molecule has 0 amide bonds. The van der Waals surface area contributed by atoms with Gasteiger partial charge in [-0.3, -0.25) is 0 Å². The first-order valence-electron chi connectivity index (χ1n) is 6.71. The molecule has 0 atom stereocenters. The van der Waals surface area contributed by atoms with Gasteiger partial charge in [0, 0.05) is 5.69 Å². The molecule has 0 bridgehead atoms. The number of hydrogen-bond acceptors (Lipinski definition) is 4. The molecule has 1 N–H and O–H groups in total. The molecule has 1 heterocycles. The van der Waals surface area contributed by atoms with E-state index in [9.17, 15) is 0 Å². The maximum atomic E-state index is 5.64. The highest BCUT2D eigenvalue weighted by molar-refractivity contribution is 5.52. The van der Waals surface area contributed by atoms with E-state index in [0.717, 1.165) is 11.3 Å². The number of anilines is 2. The van der Waals surface area contributed by atoms with Crippen LogP contribution in [0.5, 0.6) is 5.75 Å². The first kappa shape index (κ1) is 13.1. The Morgan fingerprint density at radius 3 is 2.10 bits per heavy atom. The Balaban J connectivity index is 1.59. The smallest absolute Gasteiger partial charge is 0.227 e. The molecule has 0 saturated carbocycles. The molecule has 0 aliphatic rings. The fourth-order valence-corrected chi connectivity index (χ4v) is 1.85. The number of rotatable bonds is 5. The Hall–Kier alpha value is -2.88. The van der Waals surface area contributed by atoms with Gasteiger partial charge in [0.25, 0.3) is 0 Å². The molecule has 0 spiro atoms. The third kappa shape index (κ3) is 3.79. The van der Waals surface area contributed by atoms with Crippen molar-refractivity contribution >= 4 is 11.6 Å². The Morgan fingerprint density at radius 2 is 1.43 bits per heavy atom. The van der Waals surface area contributed by atoms with Gasteiger partial charge >= 0.3 is 0 Å². The highest BCUT2D eigenvalue weighted by Gasteiger charge is 2.00. The van der Waals surface area contributed by atoms with Gasteiger partial charge in [-0.05, 0) is 17.7 Å². The molecular formula is C17H15N3O. The van der Waals surface area contributed by atoms with Crippen LogP contribution in [0.1, 0.15) is 5.56 Å². The van der Waals surface area contributed by atoms with Crippen LogP contribution in [0.2, 0.25) is 0 Å². The number of para-hydroxylation sites is 1. The summed E-state index contributed by atoms with van der Waals surface area (Å²) in [4.78, 5) is 8.48. The molecular weight excluding hydrogens is 262 g/mol. The molecule has 0 radical (unpaired) electrons. The second-order valence-electron chi connectivity index (χ2n) is 4.51. The van der Waals surface area contributed by atoms with Crippen LogP contribution in [-0.2, 0) is 6.61 Å². The summed E-state index contributed by atoms with van der Waals surface area (Å²) in [5.41, 5.74) is 2.07. The summed E-state index contributed by atoms with van der Waals surface area (Å²) in [6.45, 7) is 0.510. The molecule has 0 aliphatic carbocycles. The second kappa shape index (κ2) is 6.52. The molecule has 3 rings (SSSR count). The largest absolute Gasteiger partial charge is 0.486 e. The summed E-state index contributed by atoms with van der Waals surface area (Å²) in [6.07, 6.45) is 3.34. The van der Waals surface area contributed by atoms with E-state index in [1.807, 2.05) is 60.7 Å². The summed E-state index contributed by atoms with van der Waals surface area (Å²) in [7, 11) is 0. The molecule has 2 aromatic carbocycles. The maximum Gasteiger partial charge on any atom is 0.227 e. The van der Waals surface area contributed by atoms with Crippen molar-refractivity contribution in [1.82, 2.24) is 9.97 Å². The summed E-state index contributed by atoms with van der Waals surface area (Å²) in [6, 6.07) is 19.8. The molecule has 4 heteroatoms. The van der Waals surface area contributed by atoms with E-state index in [1.165, 1.54) is 0 Å². The first-order chi connectivity index (χ1) is 10.4. The van der Waals surface area contributed by atoms with Crippen molar-refractivity contribution in [2.45, 2.75) is 6.61 Å². The van der Waals surface area contributed by atoms with E-state index < -0.39 is 0 Å². The van der Waals surface area contributed by atoms with Crippen molar-refractivity contribution in [2.75, 3.05) is 5.32 Å². The number of nitrogens with zero attached hydrogens (tertiary/aromatic N) is 2. The van der Waals surface area contributed by atoms with Crippen molar-refractivity contribution in [3.05, 3.63) is 78.6 Å². The van der Waals surface area contributed by atoms with E-state index in [0.29, 0.717) is 18.3 Å². The minimum absolute atomic E-state index is 0.510. The van der Waals surface area contributed by atoms with Gasteiger partial charge in [0.2, 0.25) is 5.95 Å². The van der Waals surface area contributed by atoms with Crippen LogP contribution in [0.25, 0.3) is 0 Å². The lowest BCUT2D eigenvalue weighted by Crippen LogP contribution is -1.99. The van der Waals surface area contributed by atoms with Crippen LogP contribution in [0.4, 0.5) is 11.6 Å². The topological polar surface area (TPSA) is 47.0 Å².